The minimum absolute atomic E-state index is 0.908. The number of halogens is 3. The standard InChI is InChI=1S/C7H12F3NO2/c1-3(2)7(11,6(12)13)4(8)5(9)10/h3-5H,11H2,1-2H3,(H,12,13). The first-order valence-corrected chi connectivity index (χ1v) is 3.69. The van der Waals surface area contributed by atoms with E-state index >= 15 is 0 Å². The van der Waals surface area contributed by atoms with Gasteiger partial charge < -0.3 is 10.8 Å². The molecule has 0 aromatic carbocycles. The van der Waals surface area contributed by atoms with Gasteiger partial charge in [-0.3, -0.25) is 4.79 Å². The second-order valence-electron chi connectivity index (χ2n) is 3.13. The molecule has 3 N–H and O–H groups in total. The van der Waals surface area contributed by atoms with E-state index in [1.54, 1.807) is 0 Å². The average molecular weight is 199 g/mol. The number of hydrogen-bond acceptors (Lipinski definition) is 2. The van der Waals surface area contributed by atoms with Gasteiger partial charge in [0.1, 0.15) is 0 Å². The summed E-state index contributed by atoms with van der Waals surface area (Å²) >= 11 is 0. The molecule has 0 radical (unpaired) electrons. The molecule has 3 nitrogen and oxygen atoms in total. The van der Waals surface area contributed by atoms with E-state index in [-0.39, 0.29) is 0 Å². The Hall–Kier alpha value is -0.780. The van der Waals surface area contributed by atoms with Crippen LogP contribution < -0.4 is 5.73 Å². The van der Waals surface area contributed by atoms with Gasteiger partial charge in [0, 0.05) is 0 Å². The van der Waals surface area contributed by atoms with Gasteiger partial charge in [0.25, 0.3) is 6.43 Å². The first-order valence-electron chi connectivity index (χ1n) is 3.69. The fraction of sp³-hybridized carbons (Fsp3) is 0.857. The molecule has 78 valence electrons. The lowest BCUT2D eigenvalue weighted by atomic mass is 9.83. The third-order valence-electron chi connectivity index (χ3n) is 2.00. The van der Waals surface area contributed by atoms with Crippen LogP contribution in [-0.2, 0) is 4.79 Å². The molecule has 0 aliphatic rings. The van der Waals surface area contributed by atoms with Gasteiger partial charge in [-0.05, 0) is 5.92 Å². The van der Waals surface area contributed by atoms with E-state index in [2.05, 4.69) is 0 Å². The van der Waals surface area contributed by atoms with Gasteiger partial charge in [-0.25, -0.2) is 13.2 Å². The average Bonchev–Trinajstić information content (AvgIpc) is 2.00. The number of alkyl halides is 3. The summed E-state index contributed by atoms with van der Waals surface area (Å²) in [5.74, 6) is -2.66. The molecular weight excluding hydrogens is 187 g/mol. The van der Waals surface area contributed by atoms with Crippen LogP contribution in [0.15, 0.2) is 0 Å². The zero-order valence-corrected chi connectivity index (χ0v) is 7.30. The smallest absolute Gasteiger partial charge is 0.327 e. The Morgan fingerprint density at radius 3 is 1.85 bits per heavy atom. The second-order valence-corrected chi connectivity index (χ2v) is 3.13. The Kier molecular flexibility index (Phi) is 3.71. The van der Waals surface area contributed by atoms with Crippen molar-refractivity contribution in [1.29, 1.82) is 0 Å². The van der Waals surface area contributed by atoms with Crippen LogP contribution in [0.4, 0.5) is 13.2 Å². The van der Waals surface area contributed by atoms with E-state index < -0.39 is 30.0 Å². The number of carboxylic acids is 1. The fourth-order valence-electron chi connectivity index (χ4n) is 0.892. The SMILES string of the molecule is CC(C)C(N)(C(=O)O)C(F)C(F)F. The van der Waals surface area contributed by atoms with Gasteiger partial charge in [-0.1, -0.05) is 13.8 Å². The zero-order chi connectivity index (χ0) is 10.8. The molecule has 0 amide bonds. The lowest BCUT2D eigenvalue weighted by Crippen LogP contribution is -2.61. The predicted octanol–water partition coefficient (Wildman–Crippen LogP) is 1.03. The van der Waals surface area contributed by atoms with E-state index in [0.29, 0.717) is 0 Å². The summed E-state index contributed by atoms with van der Waals surface area (Å²) in [5, 5.41) is 8.52. The summed E-state index contributed by atoms with van der Waals surface area (Å²) in [5.41, 5.74) is 2.55. The van der Waals surface area contributed by atoms with Crippen LogP contribution in [0.2, 0.25) is 0 Å². The minimum atomic E-state index is -3.39. The molecule has 0 aromatic rings. The van der Waals surface area contributed by atoms with Gasteiger partial charge in [0.2, 0.25) is 0 Å². The summed E-state index contributed by atoms with van der Waals surface area (Å²) in [6, 6.07) is 0. The van der Waals surface area contributed by atoms with Gasteiger partial charge in [-0.15, -0.1) is 0 Å². The van der Waals surface area contributed by atoms with E-state index in [0.717, 1.165) is 0 Å². The van der Waals surface area contributed by atoms with Crippen molar-refractivity contribution in [2.75, 3.05) is 0 Å². The van der Waals surface area contributed by atoms with Gasteiger partial charge >= 0.3 is 5.97 Å². The predicted molar refractivity (Wildman–Crippen MR) is 40.3 cm³/mol. The maximum atomic E-state index is 12.8. The number of carboxylic acid groups (broad SMARTS) is 1. The molecule has 0 heterocycles. The normalized spacial score (nSPS) is 18.8. The van der Waals surface area contributed by atoms with Gasteiger partial charge in [0.05, 0.1) is 0 Å². The molecule has 13 heavy (non-hydrogen) atoms. The second kappa shape index (κ2) is 3.95. The molecule has 0 bridgehead atoms. The fourth-order valence-corrected chi connectivity index (χ4v) is 0.892. The summed E-state index contributed by atoms with van der Waals surface area (Å²) in [4.78, 5) is 10.5. The number of aliphatic carboxylic acids is 1. The van der Waals surface area contributed by atoms with Crippen LogP contribution in [0, 0.1) is 5.92 Å². The molecule has 0 aromatic heterocycles. The molecule has 6 heteroatoms. The Balaban J connectivity index is 4.90. The number of rotatable bonds is 4. The Labute approximate surface area is 73.7 Å². The maximum absolute atomic E-state index is 12.8. The first kappa shape index (κ1) is 12.2. The molecule has 0 aliphatic heterocycles. The third-order valence-corrected chi connectivity index (χ3v) is 2.00. The van der Waals surface area contributed by atoms with Crippen molar-refractivity contribution in [3.05, 3.63) is 0 Å². The van der Waals surface area contributed by atoms with Crippen molar-refractivity contribution in [3.63, 3.8) is 0 Å². The van der Waals surface area contributed by atoms with Gasteiger partial charge in [-0.2, -0.15) is 0 Å². The Morgan fingerprint density at radius 1 is 1.38 bits per heavy atom. The van der Waals surface area contributed by atoms with E-state index in [1.807, 2.05) is 0 Å². The summed E-state index contributed by atoms with van der Waals surface area (Å²) < 4.78 is 36.7. The largest absolute Gasteiger partial charge is 0.480 e. The van der Waals surface area contributed by atoms with Crippen LogP contribution in [-0.4, -0.2) is 29.2 Å². The topological polar surface area (TPSA) is 63.3 Å². The minimum Gasteiger partial charge on any atom is -0.480 e. The molecule has 2 atom stereocenters. The molecule has 0 fully saturated rings. The van der Waals surface area contributed by atoms with Crippen LogP contribution in [0.25, 0.3) is 0 Å². The lowest BCUT2D eigenvalue weighted by molar-refractivity contribution is -0.152. The van der Waals surface area contributed by atoms with Gasteiger partial charge in [0.15, 0.2) is 11.7 Å². The molecule has 0 rings (SSSR count). The van der Waals surface area contributed by atoms with Crippen LogP contribution in [0.3, 0.4) is 0 Å². The highest BCUT2D eigenvalue weighted by atomic mass is 19.3. The molecule has 0 spiro atoms. The monoisotopic (exact) mass is 199 g/mol. The molecule has 2 unspecified atom stereocenters. The summed E-state index contributed by atoms with van der Waals surface area (Å²) in [7, 11) is 0. The van der Waals surface area contributed by atoms with Crippen molar-refractivity contribution in [3.8, 4) is 0 Å². The third kappa shape index (κ3) is 2.12. The van der Waals surface area contributed by atoms with E-state index in [9.17, 15) is 18.0 Å². The molecule has 0 saturated heterocycles. The maximum Gasteiger partial charge on any atom is 0.327 e. The van der Waals surface area contributed by atoms with Crippen LogP contribution in [0.1, 0.15) is 13.8 Å². The Morgan fingerprint density at radius 2 is 1.77 bits per heavy atom. The number of hydrogen-bond donors (Lipinski definition) is 2. The van der Waals surface area contributed by atoms with Crippen molar-refractivity contribution in [2.24, 2.45) is 11.7 Å². The van der Waals surface area contributed by atoms with E-state index in [1.165, 1.54) is 13.8 Å². The van der Waals surface area contributed by atoms with E-state index in [4.69, 9.17) is 10.8 Å². The lowest BCUT2D eigenvalue weighted by Gasteiger charge is -2.31. The zero-order valence-electron chi connectivity index (χ0n) is 7.30. The molecule has 0 aliphatic carbocycles. The highest BCUT2D eigenvalue weighted by Crippen LogP contribution is 2.25. The quantitative estimate of drug-likeness (QED) is 0.710. The molecular formula is C7H12F3NO2. The first-order chi connectivity index (χ1) is 5.74. The van der Waals surface area contributed by atoms with Crippen molar-refractivity contribution < 1.29 is 23.1 Å². The van der Waals surface area contributed by atoms with Crippen molar-refractivity contribution in [2.45, 2.75) is 32.0 Å². The van der Waals surface area contributed by atoms with Crippen molar-refractivity contribution in [1.82, 2.24) is 0 Å². The summed E-state index contributed by atoms with van der Waals surface area (Å²) in [6.45, 7) is 2.56. The number of nitrogens with two attached hydrogens (primary N) is 1. The van der Waals surface area contributed by atoms with Crippen molar-refractivity contribution >= 4 is 5.97 Å². The Bertz CT molecular complexity index is 198. The highest BCUT2D eigenvalue weighted by Gasteiger charge is 2.50. The molecule has 0 saturated carbocycles. The van der Waals surface area contributed by atoms with Crippen LogP contribution in [0.5, 0.6) is 0 Å². The number of carbonyl (C=O) groups is 1. The summed E-state index contributed by atoms with van der Waals surface area (Å²) in [6.07, 6.45) is -6.24. The highest BCUT2D eigenvalue weighted by molar-refractivity contribution is 5.79. The van der Waals surface area contributed by atoms with Crippen LogP contribution >= 0.6 is 0 Å².